The van der Waals surface area contributed by atoms with Crippen LogP contribution in [0.5, 0.6) is 0 Å². The number of halogens is 1. The average Bonchev–Trinajstić information content (AvgIpc) is 2.74. The van der Waals surface area contributed by atoms with Crippen LogP contribution in [0.4, 0.5) is 0 Å². The first-order valence-corrected chi connectivity index (χ1v) is 9.56. The molecule has 2 aromatic heterocycles. The molecule has 0 atom stereocenters. The highest BCUT2D eigenvalue weighted by molar-refractivity contribution is 6.29. The van der Waals surface area contributed by atoms with Gasteiger partial charge < -0.3 is 0 Å². The lowest BCUT2D eigenvalue weighted by atomic mass is 10.1. The van der Waals surface area contributed by atoms with E-state index >= 15 is 0 Å². The van der Waals surface area contributed by atoms with E-state index in [1.54, 1.807) is 24.3 Å². The van der Waals surface area contributed by atoms with Gasteiger partial charge in [0.2, 0.25) is 0 Å². The topological polar surface area (TPSA) is 93.6 Å². The second kappa shape index (κ2) is 7.93. The molecule has 8 heteroatoms. The molecular formula is C22H16ClN5O2. The molecule has 0 aliphatic rings. The number of aryl methyl sites for hydroxylation is 1. The summed E-state index contributed by atoms with van der Waals surface area (Å²) in [6.07, 6.45) is 0. The average molecular weight is 418 g/mol. The summed E-state index contributed by atoms with van der Waals surface area (Å²) >= 11 is 6.19. The maximum atomic E-state index is 13.1. The molecule has 30 heavy (non-hydrogen) atoms. The van der Waals surface area contributed by atoms with Gasteiger partial charge in [-0.15, -0.1) is 0 Å². The van der Waals surface area contributed by atoms with E-state index in [4.69, 9.17) is 11.6 Å². The van der Waals surface area contributed by atoms with Crippen molar-refractivity contribution in [2.24, 2.45) is 0 Å². The number of hydrogen-bond donors (Lipinski definition) is 0. The Morgan fingerprint density at radius 3 is 2.53 bits per heavy atom. The van der Waals surface area contributed by atoms with Crippen LogP contribution in [0.1, 0.15) is 22.6 Å². The Morgan fingerprint density at radius 2 is 1.73 bits per heavy atom. The maximum absolute atomic E-state index is 13.1. The molecule has 148 valence electrons. The molecular weight excluding hydrogens is 402 g/mol. The predicted molar refractivity (Wildman–Crippen MR) is 114 cm³/mol. The minimum Gasteiger partial charge on any atom is -0.279 e. The Bertz CT molecular complexity index is 1430. The lowest BCUT2D eigenvalue weighted by Gasteiger charge is -2.13. The molecule has 0 bridgehead atoms. The van der Waals surface area contributed by atoms with E-state index < -0.39 is 11.2 Å². The fourth-order valence-electron chi connectivity index (χ4n) is 3.32. The van der Waals surface area contributed by atoms with Crippen molar-refractivity contribution >= 4 is 22.5 Å². The third-order valence-electron chi connectivity index (χ3n) is 4.83. The number of aromatic nitrogens is 4. The van der Waals surface area contributed by atoms with Gasteiger partial charge in [-0.2, -0.15) is 5.26 Å². The predicted octanol–water partition coefficient (Wildman–Crippen LogP) is 2.88. The smallest absolute Gasteiger partial charge is 0.279 e. The summed E-state index contributed by atoms with van der Waals surface area (Å²) in [4.78, 5) is 34.5. The third-order valence-corrected chi connectivity index (χ3v) is 5.15. The van der Waals surface area contributed by atoms with E-state index in [9.17, 15) is 14.9 Å². The Labute approximate surface area is 176 Å². The summed E-state index contributed by atoms with van der Waals surface area (Å²) in [5.41, 5.74) is 1.45. The van der Waals surface area contributed by atoms with Crippen LogP contribution >= 0.6 is 11.6 Å². The molecule has 0 aliphatic carbocycles. The molecule has 0 aliphatic heterocycles. The van der Waals surface area contributed by atoms with E-state index in [1.165, 1.54) is 10.6 Å². The molecule has 7 nitrogen and oxygen atoms in total. The molecule has 0 saturated carbocycles. The van der Waals surface area contributed by atoms with Gasteiger partial charge in [0.25, 0.3) is 5.56 Å². The molecule has 0 saturated heterocycles. The fourth-order valence-corrected chi connectivity index (χ4v) is 3.55. The van der Waals surface area contributed by atoms with Crippen LogP contribution in [0, 0.1) is 18.3 Å². The normalized spacial score (nSPS) is 10.8. The number of fused-ring (bicyclic) bond motifs is 1. The van der Waals surface area contributed by atoms with Crippen LogP contribution in [-0.4, -0.2) is 19.1 Å². The Morgan fingerprint density at radius 1 is 1.00 bits per heavy atom. The first kappa shape index (κ1) is 19.6. The minimum absolute atomic E-state index is 0.00426. The first-order chi connectivity index (χ1) is 14.5. The highest BCUT2D eigenvalue weighted by atomic mass is 35.5. The van der Waals surface area contributed by atoms with Crippen molar-refractivity contribution in [3.05, 3.63) is 103 Å². The monoisotopic (exact) mass is 417 g/mol. The van der Waals surface area contributed by atoms with Crippen molar-refractivity contribution in [2.45, 2.75) is 20.0 Å². The van der Waals surface area contributed by atoms with Gasteiger partial charge in [-0.3, -0.25) is 13.9 Å². The molecule has 4 rings (SSSR count). The molecule has 2 heterocycles. The second-order valence-corrected chi connectivity index (χ2v) is 7.16. The standard InChI is InChI=1S/C22H16ClN5O2/c1-14-17-8-4-5-9-18(17)26-20(25-14)13-28-21(29)10-19(23)27(22(28)30)12-16-7-3-2-6-15(16)11-24/h2-10H,12-13H2,1H3. The van der Waals surface area contributed by atoms with Crippen LogP contribution in [-0.2, 0) is 13.1 Å². The molecule has 0 N–H and O–H groups in total. The van der Waals surface area contributed by atoms with Crippen LogP contribution in [0.15, 0.2) is 64.2 Å². The van der Waals surface area contributed by atoms with E-state index in [0.29, 0.717) is 17.0 Å². The lowest BCUT2D eigenvalue weighted by molar-refractivity contribution is 0.598. The summed E-state index contributed by atoms with van der Waals surface area (Å²) in [5.74, 6) is 0.358. The zero-order valence-electron chi connectivity index (χ0n) is 16.0. The van der Waals surface area contributed by atoms with E-state index in [2.05, 4.69) is 16.0 Å². The zero-order valence-corrected chi connectivity index (χ0v) is 16.8. The van der Waals surface area contributed by atoms with Gasteiger partial charge >= 0.3 is 5.69 Å². The van der Waals surface area contributed by atoms with Crippen LogP contribution < -0.4 is 11.2 Å². The number of nitrogens with zero attached hydrogens (tertiary/aromatic N) is 5. The molecule has 2 aromatic carbocycles. The fraction of sp³-hybridized carbons (Fsp3) is 0.136. The zero-order chi connectivity index (χ0) is 21.3. The number of hydrogen-bond acceptors (Lipinski definition) is 5. The molecule has 0 spiro atoms. The Kier molecular flexibility index (Phi) is 5.17. The Balaban J connectivity index is 1.78. The van der Waals surface area contributed by atoms with Gasteiger partial charge in [0.15, 0.2) is 0 Å². The van der Waals surface area contributed by atoms with Crippen LogP contribution in [0.25, 0.3) is 10.9 Å². The summed E-state index contributed by atoms with van der Waals surface area (Å²) < 4.78 is 2.30. The highest BCUT2D eigenvalue weighted by Gasteiger charge is 2.14. The SMILES string of the molecule is Cc1nc(Cn2c(=O)cc(Cl)n(Cc3ccccc3C#N)c2=O)nc2ccccc12. The van der Waals surface area contributed by atoms with E-state index in [-0.39, 0.29) is 18.2 Å². The Hall–Kier alpha value is -3.76. The number of benzene rings is 2. The van der Waals surface area contributed by atoms with Crippen LogP contribution in [0.2, 0.25) is 5.15 Å². The molecule has 4 aromatic rings. The summed E-state index contributed by atoms with van der Waals surface area (Å²) in [6, 6.07) is 17.8. The molecule has 0 amide bonds. The number of nitriles is 1. The van der Waals surface area contributed by atoms with Gasteiger partial charge in [0.1, 0.15) is 11.0 Å². The van der Waals surface area contributed by atoms with E-state index in [0.717, 1.165) is 21.2 Å². The highest BCUT2D eigenvalue weighted by Crippen LogP contribution is 2.15. The van der Waals surface area contributed by atoms with Crippen molar-refractivity contribution in [1.29, 1.82) is 5.26 Å². The van der Waals surface area contributed by atoms with Crippen molar-refractivity contribution in [2.75, 3.05) is 0 Å². The van der Waals surface area contributed by atoms with Crippen molar-refractivity contribution in [1.82, 2.24) is 19.1 Å². The largest absolute Gasteiger partial charge is 0.332 e. The number of para-hydroxylation sites is 1. The maximum Gasteiger partial charge on any atom is 0.332 e. The molecule has 0 unspecified atom stereocenters. The third kappa shape index (κ3) is 3.61. The van der Waals surface area contributed by atoms with Gasteiger partial charge in [0.05, 0.1) is 30.2 Å². The van der Waals surface area contributed by atoms with Crippen molar-refractivity contribution in [3.63, 3.8) is 0 Å². The van der Waals surface area contributed by atoms with Gasteiger partial charge in [-0.1, -0.05) is 48.0 Å². The molecule has 0 radical (unpaired) electrons. The van der Waals surface area contributed by atoms with Gasteiger partial charge in [0, 0.05) is 17.1 Å². The quantitative estimate of drug-likeness (QED) is 0.476. The van der Waals surface area contributed by atoms with Crippen LogP contribution in [0.3, 0.4) is 0 Å². The summed E-state index contributed by atoms with van der Waals surface area (Å²) in [7, 11) is 0. The van der Waals surface area contributed by atoms with Crippen molar-refractivity contribution in [3.8, 4) is 6.07 Å². The lowest BCUT2D eigenvalue weighted by Crippen LogP contribution is -2.40. The van der Waals surface area contributed by atoms with Gasteiger partial charge in [-0.25, -0.2) is 14.8 Å². The van der Waals surface area contributed by atoms with Crippen molar-refractivity contribution < 1.29 is 0 Å². The summed E-state index contributed by atoms with van der Waals surface area (Å²) in [6.45, 7) is 1.84. The first-order valence-electron chi connectivity index (χ1n) is 9.18. The molecule has 0 fully saturated rings. The minimum atomic E-state index is -0.588. The van der Waals surface area contributed by atoms with E-state index in [1.807, 2.05) is 31.2 Å². The summed E-state index contributed by atoms with van der Waals surface area (Å²) in [5, 5.41) is 10.2. The number of rotatable bonds is 4. The van der Waals surface area contributed by atoms with Gasteiger partial charge in [-0.05, 0) is 24.6 Å². The second-order valence-electron chi connectivity index (χ2n) is 6.77.